The summed E-state index contributed by atoms with van der Waals surface area (Å²) in [4.78, 5) is 0. The van der Waals surface area contributed by atoms with Crippen LogP contribution in [0.3, 0.4) is 0 Å². The van der Waals surface area contributed by atoms with Crippen LogP contribution in [0.1, 0.15) is 27.2 Å². The molecule has 0 aliphatic heterocycles. The summed E-state index contributed by atoms with van der Waals surface area (Å²) in [6, 6.07) is 0. The summed E-state index contributed by atoms with van der Waals surface area (Å²) in [5.41, 5.74) is 1.41. The van der Waals surface area contributed by atoms with Crippen LogP contribution in [0, 0.1) is 11.8 Å². The molecule has 56 valence electrons. The molecule has 0 nitrogen and oxygen atoms in total. The van der Waals surface area contributed by atoms with Crippen molar-refractivity contribution in [3.05, 3.63) is 23.8 Å². The molecule has 0 heterocycles. The lowest BCUT2D eigenvalue weighted by molar-refractivity contribution is 0.466. The fourth-order valence-electron chi connectivity index (χ4n) is 1.24. The van der Waals surface area contributed by atoms with Crippen LogP contribution in [0.15, 0.2) is 23.8 Å². The average Bonchev–Trinajstić information content (AvgIpc) is 1.88. The number of hydrogen-bond acceptors (Lipinski definition) is 0. The molecule has 1 rings (SSSR count). The highest BCUT2D eigenvalue weighted by atomic mass is 14.1. The fraction of sp³-hybridized carbons (Fsp3) is 0.600. The van der Waals surface area contributed by atoms with Gasteiger partial charge in [0.25, 0.3) is 0 Å². The summed E-state index contributed by atoms with van der Waals surface area (Å²) < 4.78 is 0. The number of allylic oxidation sites excluding steroid dienone is 4. The van der Waals surface area contributed by atoms with Gasteiger partial charge in [-0.2, -0.15) is 0 Å². The van der Waals surface area contributed by atoms with Crippen LogP contribution in [0.2, 0.25) is 0 Å². The van der Waals surface area contributed by atoms with E-state index in [1.165, 1.54) is 12.0 Å². The van der Waals surface area contributed by atoms with E-state index in [0.29, 0.717) is 0 Å². The van der Waals surface area contributed by atoms with E-state index in [2.05, 4.69) is 39.0 Å². The summed E-state index contributed by atoms with van der Waals surface area (Å²) in [5.74, 6) is 1.57. The smallest absolute Gasteiger partial charge is 0.0172 e. The van der Waals surface area contributed by atoms with Gasteiger partial charge in [-0.05, 0) is 25.2 Å². The first-order valence-corrected chi connectivity index (χ1v) is 4.05. The molecule has 0 aromatic heterocycles. The highest BCUT2D eigenvalue weighted by Crippen LogP contribution is 2.22. The zero-order chi connectivity index (χ0) is 7.56. The Bertz CT molecular complexity index is 161. The predicted octanol–water partition coefficient (Wildman–Crippen LogP) is 3.16. The second-order valence-corrected chi connectivity index (χ2v) is 3.45. The van der Waals surface area contributed by atoms with Crippen molar-refractivity contribution in [1.29, 1.82) is 0 Å². The van der Waals surface area contributed by atoms with Gasteiger partial charge in [0.05, 0.1) is 0 Å². The molecule has 0 spiro atoms. The maximum atomic E-state index is 2.33. The van der Waals surface area contributed by atoms with E-state index in [-0.39, 0.29) is 0 Å². The van der Waals surface area contributed by atoms with Gasteiger partial charge in [-0.1, -0.05) is 37.6 Å². The highest BCUT2D eigenvalue weighted by molar-refractivity contribution is 5.21. The molecule has 0 unspecified atom stereocenters. The van der Waals surface area contributed by atoms with Crippen LogP contribution in [-0.4, -0.2) is 0 Å². The van der Waals surface area contributed by atoms with Crippen LogP contribution in [0.4, 0.5) is 0 Å². The van der Waals surface area contributed by atoms with Gasteiger partial charge in [0.1, 0.15) is 0 Å². The van der Waals surface area contributed by atoms with E-state index in [4.69, 9.17) is 0 Å². The van der Waals surface area contributed by atoms with Crippen LogP contribution >= 0.6 is 0 Å². The highest BCUT2D eigenvalue weighted by Gasteiger charge is 2.10. The van der Waals surface area contributed by atoms with Gasteiger partial charge in [0, 0.05) is 0 Å². The first kappa shape index (κ1) is 7.59. The Balaban J connectivity index is 2.52. The Labute approximate surface area is 63.6 Å². The van der Waals surface area contributed by atoms with E-state index in [1.54, 1.807) is 0 Å². The van der Waals surface area contributed by atoms with Crippen LogP contribution < -0.4 is 0 Å². The van der Waals surface area contributed by atoms with Crippen molar-refractivity contribution in [2.75, 3.05) is 0 Å². The van der Waals surface area contributed by atoms with E-state index in [1.807, 2.05) is 0 Å². The van der Waals surface area contributed by atoms with Gasteiger partial charge in [-0.15, -0.1) is 0 Å². The molecular weight excluding hydrogens is 120 g/mol. The van der Waals surface area contributed by atoms with E-state index < -0.39 is 0 Å². The average molecular weight is 136 g/mol. The molecule has 1 aliphatic rings. The van der Waals surface area contributed by atoms with Crippen molar-refractivity contribution < 1.29 is 0 Å². The molecular formula is C10H16. The number of hydrogen-bond donors (Lipinski definition) is 0. The maximum absolute atomic E-state index is 2.33. The SMILES string of the molecule is CC1=CC[C@@H](C(C)C)C=C1. The minimum atomic E-state index is 0.781. The van der Waals surface area contributed by atoms with Gasteiger partial charge in [-0.3, -0.25) is 0 Å². The molecule has 0 amide bonds. The Kier molecular flexibility index (Phi) is 2.31. The number of rotatable bonds is 1. The van der Waals surface area contributed by atoms with Crippen molar-refractivity contribution >= 4 is 0 Å². The largest absolute Gasteiger partial charge is 0.0810 e. The Morgan fingerprint density at radius 1 is 1.50 bits per heavy atom. The third-order valence-corrected chi connectivity index (χ3v) is 2.17. The van der Waals surface area contributed by atoms with Crippen molar-refractivity contribution in [3.8, 4) is 0 Å². The molecule has 0 saturated carbocycles. The van der Waals surface area contributed by atoms with Crippen LogP contribution in [-0.2, 0) is 0 Å². The lowest BCUT2D eigenvalue weighted by Crippen LogP contribution is -2.06. The molecule has 0 bridgehead atoms. The minimum absolute atomic E-state index is 0.781. The maximum Gasteiger partial charge on any atom is -0.0172 e. The van der Waals surface area contributed by atoms with Gasteiger partial charge < -0.3 is 0 Å². The summed E-state index contributed by atoms with van der Waals surface area (Å²) in [6.07, 6.45) is 8.12. The summed E-state index contributed by atoms with van der Waals surface area (Å²) in [7, 11) is 0. The van der Waals surface area contributed by atoms with E-state index in [9.17, 15) is 0 Å². The second-order valence-electron chi connectivity index (χ2n) is 3.45. The standard InChI is InChI=1S/C10H16/c1-8(2)10-6-4-9(3)5-7-10/h4-6,8,10H,7H2,1-3H3/t10-/m0/s1. The van der Waals surface area contributed by atoms with Crippen molar-refractivity contribution in [2.45, 2.75) is 27.2 Å². The molecule has 10 heavy (non-hydrogen) atoms. The Morgan fingerprint density at radius 3 is 2.60 bits per heavy atom. The molecule has 1 atom stereocenters. The topological polar surface area (TPSA) is 0 Å². The molecule has 0 aromatic carbocycles. The van der Waals surface area contributed by atoms with Crippen molar-refractivity contribution in [1.82, 2.24) is 0 Å². The Hall–Kier alpha value is -0.520. The van der Waals surface area contributed by atoms with Crippen molar-refractivity contribution in [2.24, 2.45) is 11.8 Å². The van der Waals surface area contributed by atoms with Crippen molar-refractivity contribution in [3.63, 3.8) is 0 Å². The van der Waals surface area contributed by atoms with E-state index >= 15 is 0 Å². The normalized spacial score (nSPS) is 25.2. The first-order chi connectivity index (χ1) is 4.70. The third kappa shape index (κ3) is 1.73. The molecule has 0 aromatic rings. The fourth-order valence-corrected chi connectivity index (χ4v) is 1.24. The van der Waals surface area contributed by atoms with Crippen LogP contribution in [0.25, 0.3) is 0 Å². The van der Waals surface area contributed by atoms with Crippen LogP contribution in [0.5, 0.6) is 0 Å². The monoisotopic (exact) mass is 136 g/mol. The second kappa shape index (κ2) is 3.05. The zero-order valence-corrected chi connectivity index (χ0v) is 7.09. The zero-order valence-electron chi connectivity index (χ0n) is 7.09. The Morgan fingerprint density at radius 2 is 2.20 bits per heavy atom. The lowest BCUT2D eigenvalue weighted by Gasteiger charge is -2.17. The molecule has 0 heteroatoms. The summed E-state index contributed by atoms with van der Waals surface area (Å²) in [5, 5.41) is 0. The molecule has 0 fully saturated rings. The minimum Gasteiger partial charge on any atom is -0.0810 e. The predicted molar refractivity (Wildman–Crippen MR) is 45.8 cm³/mol. The van der Waals surface area contributed by atoms with Gasteiger partial charge >= 0.3 is 0 Å². The molecule has 0 saturated heterocycles. The van der Waals surface area contributed by atoms with Gasteiger partial charge in [0.2, 0.25) is 0 Å². The first-order valence-electron chi connectivity index (χ1n) is 4.05. The van der Waals surface area contributed by atoms with E-state index in [0.717, 1.165) is 11.8 Å². The lowest BCUT2D eigenvalue weighted by atomic mass is 9.88. The van der Waals surface area contributed by atoms with Gasteiger partial charge in [0.15, 0.2) is 0 Å². The van der Waals surface area contributed by atoms with Gasteiger partial charge in [-0.25, -0.2) is 0 Å². The quantitative estimate of drug-likeness (QED) is 0.519. The summed E-state index contributed by atoms with van der Waals surface area (Å²) in [6.45, 7) is 6.72. The summed E-state index contributed by atoms with van der Waals surface area (Å²) >= 11 is 0. The molecule has 0 radical (unpaired) electrons. The third-order valence-electron chi connectivity index (χ3n) is 2.17. The molecule has 0 N–H and O–H groups in total. The molecule has 1 aliphatic carbocycles.